The van der Waals surface area contributed by atoms with Gasteiger partial charge < -0.3 is 19.5 Å². The quantitative estimate of drug-likeness (QED) is 0.435. The fourth-order valence-corrected chi connectivity index (χ4v) is 2.30. The number of carbonyl (C=O) groups excluding carboxylic acids is 2. The molecule has 2 aromatic rings. The van der Waals surface area contributed by atoms with Gasteiger partial charge in [0.2, 0.25) is 0 Å². The van der Waals surface area contributed by atoms with Crippen molar-refractivity contribution in [3.63, 3.8) is 0 Å². The Balaban J connectivity index is 2.05. The molecule has 9 nitrogen and oxygen atoms in total. The average molecular weight is 395 g/mol. The third-order valence-corrected chi connectivity index (χ3v) is 3.63. The van der Waals surface area contributed by atoms with E-state index in [0.29, 0.717) is 17.2 Å². The maximum absolute atomic E-state index is 12.1. The standard InChI is InChI=1S/C17H15ClN2O7/c1-25-11-4-5-13(15(8-11)26-2)19-16(21)9-27-17(22)12-7-10(18)3-6-14(12)20(23)24/h3-8H,9H2,1-2H3,(H,19,21). The minimum Gasteiger partial charge on any atom is -0.497 e. The number of rotatable bonds is 7. The first-order valence-electron chi connectivity index (χ1n) is 7.48. The SMILES string of the molecule is COc1ccc(NC(=O)COC(=O)c2cc(Cl)ccc2[N+](=O)[O-])c(OC)c1. The number of benzene rings is 2. The second kappa shape index (κ2) is 8.86. The Hall–Kier alpha value is -3.33. The zero-order valence-electron chi connectivity index (χ0n) is 14.4. The third kappa shape index (κ3) is 5.08. The predicted octanol–water partition coefficient (Wildman–Crippen LogP) is 3.06. The molecule has 0 aliphatic carbocycles. The first-order valence-corrected chi connectivity index (χ1v) is 7.86. The molecular weight excluding hydrogens is 380 g/mol. The van der Waals surface area contributed by atoms with E-state index in [1.165, 1.54) is 20.3 Å². The molecule has 0 bridgehead atoms. The number of ether oxygens (including phenoxy) is 3. The van der Waals surface area contributed by atoms with E-state index in [1.54, 1.807) is 18.2 Å². The molecule has 0 aliphatic rings. The lowest BCUT2D eigenvalue weighted by Gasteiger charge is -2.12. The van der Waals surface area contributed by atoms with Crippen LogP contribution in [0.3, 0.4) is 0 Å². The van der Waals surface area contributed by atoms with Crippen LogP contribution in [0.15, 0.2) is 36.4 Å². The molecule has 0 heterocycles. The topological polar surface area (TPSA) is 117 Å². The van der Waals surface area contributed by atoms with Gasteiger partial charge in [-0.25, -0.2) is 4.79 Å². The molecule has 0 saturated heterocycles. The van der Waals surface area contributed by atoms with E-state index >= 15 is 0 Å². The monoisotopic (exact) mass is 394 g/mol. The number of anilines is 1. The summed E-state index contributed by atoms with van der Waals surface area (Å²) >= 11 is 5.76. The van der Waals surface area contributed by atoms with Gasteiger partial charge in [0, 0.05) is 17.2 Å². The molecule has 10 heteroatoms. The van der Waals surface area contributed by atoms with Crippen LogP contribution >= 0.6 is 11.6 Å². The van der Waals surface area contributed by atoms with Crippen LogP contribution < -0.4 is 14.8 Å². The average Bonchev–Trinajstić information content (AvgIpc) is 2.66. The number of esters is 1. The van der Waals surface area contributed by atoms with Crippen LogP contribution in [0.4, 0.5) is 11.4 Å². The molecule has 27 heavy (non-hydrogen) atoms. The van der Waals surface area contributed by atoms with E-state index in [9.17, 15) is 19.7 Å². The first-order chi connectivity index (χ1) is 12.8. The summed E-state index contributed by atoms with van der Waals surface area (Å²) in [5, 5.41) is 13.6. The van der Waals surface area contributed by atoms with Crippen molar-refractivity contribution in [3.8, 4) is 11.5 Å². The Kier molecular flexibility index (Phi) is 6.56. The Labute approximate surface area is 158 Å². The summed E-state index contributed by atoms with van der Waals surface area (Å²) in [6.07, 6.45) is 0. The van der Waals surface area contributed by atoms with Crippen molar-refractivity contribution in [1.82, 2.24) is 0 Å². The highest BCUT2D eigenvalue weighted by Gasteiger charge is 2.22. The van der Waals surface area contributed by atoms with Gasteiger partial charge in [0.15, 0.2) is 6.61 Å². The molecular formula is C17H15ClN2O7. The number of nitrogens with zero attached hydrogens (tertiary/aromatic N) is 1. The van der Waals surface area contributed by atoms with E-state index in [0.717, 1.165) is 12.1 Å². The van der Waals surface area contributed by atoms with Crippen LogP contribution in [-0.2, 0) is 9.53 Å². The second-order valence-electron chi connectivity index (χ2n) is 5.11. The summed E-state index contributed by atoms with van der Waals surface area (Å²) in [7, 11) is 2.91. The lowest BCUT2D eigenvalue weighted by Crippen LogP contribution is -2.21. The molecule has 142 valence electrons. The van der Waals surface area contributed by atoms with Crippen LogP contribution in [0, 0.1) is 10.1 Å². The fourth-order valence-electron chi connectivity index (χ4n) is 2.13. The minimum atomic E-state index is -1.04. The van der Waals surface area contributed by atoms with Crippen molar-refractivity contribution in [3.05, 3.63) is 57.1 Å². The summed E-state index contributed by atoms with van der Waals surface area (Å²) in [5.41, 5.74) is -0.475. The number of nitro benzene ring substituents is 1. The van der Waals surface area contributed by atoms with Crippen LogP contribution in [0.1, 0.15) is 10.4 Å². The van der Waals surface area contributed by atoms with Gasteiger partial charge in [0.1, 0.15) is 17.1 Å². The number of hydrogen-bond acceptors (Lipinski definition) is 7. The number of hydrogen-bond donors (Lipinski definition) is 1. The van der Waals surface area contributed by atoms with Gasteiger partial charge in [-0.3, -0.25) is 14.9 Å². The van der Waals surface area contributed by atoms with E-state index in [2.05, 4.69) is 5.32 Å². The number of halogens is 1. The number of methoxy groups -OCH3 is 2. The fraction of sp³-hybridized carbons (Fsp3) is 0.176. The van der Waals surface area contributed by atoms with Crippen molar-refractivity contribution in [1.29, 1.82) is 0 Å². The molecule has 0 unspecified atom stereocenters. The zero-order valence-corrected chi connectivity index (χ0v) is 15.1. The second-order valence-corrected chi connectivity index (χ2v) is 5.55. The molecule has 0 fully saturated rings. The molecule has 0 spiro atoms. The summed E-state index contributed by atoms with van der Waals surface area (Å²) in [6, 6.07) is 8.20. The Morgan fingerprint density at radius 2 is 1.89 bits per heavy atom. The summed E-state index contributed by atoms with van der Waals surface area (Å²) < 4.78 is 15.1. The third-order valence-electron chi connectivity index (χ3n) is 3.39. The molecule has 2 aromatic carbocycles. The molecule has 0 atom stereocenters. The van der Waals surface area contributed by atoms with Crippen molar-refractivity contribution in [2.75, 3.05) is 26.1 Å². The van der Waals surface area contributed by atoms with Crippen molar-refractivity contribution in [2.24, 2.45) is 0 Å². The highest BCUT2D eigenvalue weighted by Crippen LogP contribution is 2.29. The minimum absolute atomic E-state index is 0.125. The number of nitrogens with one attached hydrogen (secondary N) is 1. The molecule has 1 N–H and O–H groups in total. The number of nitro groups is 1. The first kappa shape index (κ1) is 20.0. The molecule has 0 aromatic heterocycles. The Bertz CT molecular complexity index is 886. The molecule has 1 amide bonds. The van der Waals surface area contributed by atoms with Crippen LogP contribution in [0.5, 0.6) is 11.5 Å². The van der Waals surface area contributed by atoms with Crippen molar-refractivity contribution in [2.45, 2.75) is 0 Å². The lowest BCUT2D eigenvalue weighted by molar-refractivity contribution is -0.385. The molecule has 0 radical (unpaired) electrons. The van der Waals surface area contributed by atoms with Crippen LogP contribution in [-0.4, -0.2) is 37.6 Å². The summed E-state index contributed by atoms with van der Waals surface area (Å²) in [6.45, 7) is -0.655. The van der Waals surface area contributed by atoms with Gasteiger partial charge in [0.25, 0.3) is 11.6 Å². The zero-order chi connectivity index (χ0) is 20.0. The number of amides is 1. The van der Waals surface area contributed by atoms with Gasteiger partial charge >= 0.3 is 5.97 Å². The van der Waals surface area contributed by atoms with Gasteiger partial charge in [-0.2, -0.15) is 0 Å². The van der Waals surface area contributed by atoms with Crippen molar-refractivity contribution >= 4 is 34.9 Å². The van der Waals surface area contributed by atoms with Crippen molar-refractivity contribution < 1.29 is 28.7 Å². The van der Waals surface area contributed by atoms with Gasteiger partial charge in [-0.1, -0.05) is 11.6 Å². The lowest BCUT2D eigenvalue weighted by atomic mass is 10.2. The molecule has 0 saturated carbocycles. The van der Waals surface area contributed by atoms with Gasteiger partial charge in [-0.05, 0) is 24.3 Å². The maximum Gasteiger partial charge on any atom is 0.345 e. The van der Waals surface area contributed by atoms with E-state index in [-0.39, 0.29) is 10.6 Å². The smallest absolute Gasteiger partial charge is 0.345 e. The maximum atomic E-state index is 12.1. The Morgan fingerprint density at radius 3 is 2.52 bits per heavy atom. The molecule has 2 rings (SSSR count). The van der Waals surface area contributed by atoms with Crippen LogP contribution in [0.2, 0.25) is 5.02 Å². The predicted molar refractivity (Wildman–Crippen MR) is 96.6 cm³/mol. The van der Waals surface area contributed by atoms with Gasteiger partial charge in [-0.15, -0.1) is 0 Å². The van der Waals surface area contributed by atoms with Crippen LogP contribution in [0.25, 0.3) is 0 Å². The molecule has 0 aliphatic heterocycles. The summed E-state index contributed by atoms with van der Waals surface area (Å²) in [5.74, 6) is -0.818. The summed E-state index contributed by atoms with van der Waals surface area (Å²) in [4.78, 5) is 34.4. The Morgan fingerprint density at radius 1 is 1.15 bits per heavy atom. The normalized spacial score (nSPS) is 10.0. The highest BCUT2D eigenvalue weighted by atomic mass is 35.5. The highest BCUT2D eigenvalue weighted by molar-refractivity contribution is 6.31. The largest absolute Gasteiger partial charge is 0.497 e. The van der Waals surface area contributed by atoms with E-state index in [4.69, 9.17) is 25.8 Å². The number of carbonyl (C=O) groups is 2. The van der Waals surface area contributed by atoms with E-state index < -0.39 is 29.1 Å². The van der Waals surface area contributed by atoms with Gasteiger partial charge in [0.05, 0.1) is 24.8 Å². The van der Waals surface area contributed by atoms with E-state index in [1.807, 2.05) is 0 Å².